The van der Waals surface area contributed by atoms with Crippen molar-refractivity contribution in [3.8, 4) is 0 Å². The monoisotopic (exact) mass is 295 g/mol. The summed E-state index contributed by atoms with van der Waals surface area (Å²) in [7, 11) is 0. The fourth-order valence-corrected chi connectivity index (χ4v) is 2.13. The summed E-state index contributed by atoms with van der Waals surface area (Å²) < 4.78 is 13.9. The van der Waals surface area contributed by atoms with Gasteiger partial charge in [0.15, 0.2) is 0 Å². The van der Waals surface area contributed by atoms with E-state index in [9.17, 15) is 4.39 Å². The number of nitrogens with zero attached hydrogens (tertiary/aromatic N) is 2. The molecule has 0 bridgehead atoms. The van der Waals surface area contributed by atoms with Crippen molar-refractivity contribution in [2.24, 2.45) is 5.73 Å². The van der Waals surface area contributed by atoms with Crippen molar-refractivity contribution in [2.45, 2.75) is 12.5 Å². The Morgan fingerprint density at radius 2 is 2.12 bits per heavy atom. The average molecular weight is 296 g/mol. The zero-order valence-electron chi connectivity index (χ0n) is 8.98. The van der Waals surface area contributed by atoms with Gasteiger partial charge in [-0.05, 0) is 41.8 Å². The van der Waals surface area contributed by atoms with Crippen molar-refractivity contribution >= 4 is 15.9 Å². The van der Waals surface area contributed by atoms with Crippen LogP contribution in [0.25, 0.3) is 0 Å². The Morgan fingerprint density at radius 3 is 2.76 bits per heavy atom. The number of aromatic nitrogens is 2. The number of rotatable bonds is 3. The molecule has 1 unspecified atom stereocenters. The molecule has 0 spiro atoms. The molecule has 1 heterocycles. The van der Waals surface area contributed by atoms with Crippen LogP contribution in [0, 0.1) is 5.82 Å². The number of hydrogen-bond donors (Lipinski definition) is 1. The highest BCUT2D eigenvalue weighted by Gasteiger charge is 2.08. The van der Waals surface area contributed by atoms with Gasteiger partial charge in [-0.2, -0.15) is 10.2 Å². The van der Waals surface area contributed by atoms with E-state index in [1.807, 2.05) is 12.1 Å². The lowest BCUT2D eigenvalue weighted by Gasteiger charge is -2.11. The second-order valence-corrected chi connectivity index (χ2v) is 4.68. The van der Waals surface area contributed by atoms with Gasteiger partial charge >= 0.3 is 0 Å². The molecule has 88 valence electrons. The Balaban J connectivity index is 2.16. The van der Waals surface area contributed by atoms with Crippen LogP contribution < -0.4 is 5.73 Å². The van der Waals surface area contributed by atoms with Crippen molar-refractivity contribution in [2.75, 3.05) is 0 Å². The number of benzene rings is 1. The molecule has 1 aromatic heterocycles. The molecule has 3 nitrogen and oxygen atoms in total. The zero-order chi connectivity index (χ0) is 12.3. The molecule has 0 saturated heterocycles. The van der Waals surface area contributed by atoms with Gasteiger partial charge in [0.2, 0.25) is 0 Å². The first-order chi connectivity index (χ1) is 8.15. The normalized spacial score (nSPS) is 12.4. The first-order valence-electron chi connectivity index (χ1n) is 5.12. The molecule has 1 atom stereocenters. The first kappa shape index (κ1) is 12.1. The van der Waals surface area contributed by atoms with Gasteiger partial charge in [0.05, 0.1) is 6.20 Å². The lowest BCUT2D eigenvalue weighted by atomic mass is 10.0. The van der Waals surface area contributed by atoms with Crippen molar-refractivity contribution in [3.63, 3.8) is 0 Å². The molecule has 2 aromatic rings. The van der Waals surface area contributed by atoms with Crippen LogP contribution >= 0.6 is 15.9 Å². The standard InChI is InChI=1S/C12H11BrFN3/c13-10-3-8(4-11(14)6-10)5-12(15)9-1-2-16-17-7-9/h1-4,6-7,12H,5,15H2. The van der Waals surface area contributed by atoms with E-state index in [2.05, 4.69) is 26.1 Å². The highest BCUT2D eigenvalue weighted by Crippen LogP contribution is 2.19. The minimum atomic E-state index is -0.269. The summed E-state index contributed by atoms with van der Waals surface area (Å²) in [4.78, 5) is 0. The summed E-state index contributed by atoms with van der Waals surface area (Å²) in [6, 6.07) is 6.37. The van der Waals surface area contributed by atoms with Crippen LogP contribution in [-0.2, 0) is 6.42 Å². The van der Waals surface area contributed by atoms with Crippen LogP contribution in [0.4, 0.5) is 4.39 Å². The topological polar surface area (TPSA) is 51.8 Å². The lowest BCUT2D eigenvalue weighted by molar-refractivity contribution is 0.620. The van der Waals surface area contributed by atoms with Crippen LogP contribution in [0.1, 0.15) is 17.2 Å². The molecule has 0 amide bonds. The fraction of sp³-hybridized carbons (Fsp3) is 0.167. The number of halogens is 2. The van der Waals surface area contributed by atoms with Crippen molar-refractivity contribution in [1.82, 2.24) is 10.2 Å². The predicted octanol–water partition coefficient (Wildman–Crippen LogP) is 2.62. The van der Waals surface area contributed by atoms with E-state index in [0.717, 1.165) is 11.1 Å². The number of nitrogens with two attached hydrogens (primary N) is 1. The van der Waals surface area contributed by atoms with Gasteiger partial charge in [0, 0.05) is 16.7 Å². The Morgan fingerprint density at radius 1 is 1.29 bits per heavy atom. The van der Waals surface area contributed by atoms with E-state index in [1.54, 1.807) is 12.4 Å². The molecule has 0 radical (unpaired) electrons. The van der Waals surface area contributed by atoms with E-state index in [0.29, 0.717) is 10.9 Å². The zero-order valence-corrected chi connectivity index (χ0v) is 10.6. The van der Waals surface area contributed by atoms with Crippen molar-refractivity contribution < 1.29 is 4.39 Å². The fourth-order valence-electron chi connectivity index (χ4n) is 1.62. The number of hydrogen-bond acceptors (Lipinski definition) is 3. The second kappa shape index (κ2) is 5.33. The summed E-state index contributed by atoms with van der Waals surface area (Å²) in [6.07, 6.45) is 3.78. The Bertz CT molecular complexity index is 484. The molecule has 0 aliphatic heterocycles. The average Bonchev–Trinajstić information content (AvgIpc) is 2.28. The summed E-state index contributed by atoms with van der Waals surface area (Å²) in [6.45, 7) is 0. The van der Waals surface area contributed by atoms with E-state index >= 15 is 0 Å². The van der Waals surface area contributed by atoms with Gasteiger partial charge in [-0.1, -0.05) is 15.9 Å². The van der Waals surface area contributed by atoms with Gasteiger partial charge in [-0.3, -0.25) is 0 Å². The van der Waals surface area contributed by atoms with Crippen molar-refractivity contribution in [3.05, 3.63) is 58.1 Å². The highest BCUT2D eigenvalue weighted by atomic mass is 79.9. The van der Waals surface area contributed by atoms with Gasteiger partial charge in [-0.25, -0.2) is 4.39 Å². The maximum absolute atomic E-state index is 13.2. The highest BCUT2D eigenvalue weighted by molar-refractivity contribution is 9.10. The molecule has 0 aliphatic rings. The third kappa shape index (κ3) is 3.31. The maximum atomic E-state index is 13.2. The van der Waals surface area contributed by atoms with E-state index in [4.69, 9.17) is 5.73 Å². The van der Waals surface area contributed by atoms with Gasteiger partial charge in [-0.15, -0.1) is 0 Å². The molecule has 0 fully saturated rings. The Hall–Kier alpha value is -1.33. The molecule has 0 saturated carbocycles. The molecule has 5 heteroatoms. The van der Waals surface area contributed by atoms with Crippen LogP contribution in [0.15, 0.2) is 41.1 Å². The predicted molar refractivity (Wildman–Crippen MR) is 66.8 cm³/mol. The lowest BCUT2D eigenvalue weighted by Crippen LogP contribution is -2.13. The van der Waals surface area contributed by atoms with E-state index in [1.165, 1.54) is 12.1 Å². The van der Waals surface area contributed by atoms with Gasteiger partial charge in [0.25, 0.3) is 0 Å². The Kier molecular flexibility index (Phi) is 3.81. The molecule has 2 rings (SSSR count). The minimum Gasteiger partial charge on any atom is -0.324 e. The summed E-state index contributed by atoms with van der Waals surface area (Å²) in [5, 5.41) is 7.46. The van der Waals surface area contributed by atoms with Gasteiger partial charge in [0.1, 0.15) is 5.82 Å². The van der Waals surface area contributed by atoms with Crippen molar-refractivity contribution in [1.29, 1.82) is 0 Å². The second-order valence-electron chi connectivity index (χ2n) is 3.76. The van der Waals surface area contributed by atoms with Crippen LogP contribution in [0.3, 0.4) is 0 Å². The van der Waals surface area contributed by atoms with E-state index in [-0.39, 0.29) is 11.9 Å². The SMILES string of the molecule is NC(Cc1cc(F)cc(Br)c1)c1ccnnc1. The molecule has 2 N–H and O–H groups in total. The van der Waals surface area contributed by atoms with E-state index < -0.39 is 0 Å². The molecule has 17 heavy (non-hydrogen) atoms. The quantitative estimate of drug-likeness (QED) is 0.947. The van der Waals surface area contributed by atoms with Crippen LogP contribution in [0.2, 0.25) is 0 Å². The third-order valence-electron chi connectivity index (χ3n) is 2.41. The Labute approximate surface area is 107 Å². The van der Waals surface area contributed by atoms with Crippen LogP contribution in [-0.4, -0.2) is 10.2 Å². The molecular formula is C12H11BrFN3. The summed E-state index contributed by atoms with van der Waals surface area (Å²) >= 11 is 3.26. The molecule has 0 aliphatic carbocycles. The van der Waals surface area contributed by atoms with Crippen LogP contribution in [0.5, 0.6) is 0 Å². The summed E-state index contributed by atoms with van der Waals surface area (Å²) in [5.41, 5.74) is 7.76. The minimum absolute atomic E-state index is 0.209. The largest absolute Gasteiger partial charge is 0.324 e. The summed E-state index contributed by atoms with van der Waals surface area (Å²) in [5.74, 6) is -0.269. The first-order valence-corrected chi connectivity index (χ1v) is 5.91. The smallest absolute Gasteiger partial charge is 0.124 e. The molecule has 1 aromatic carbocycles. The third-order valence-corrected chi connectivity index (χ3v) is 2.87. The molecular weight excluding hydrogens is 285 g/mol. The maximum Gasteiger partial charge on any atom is 0.124 e. The van der Waals surface area contributed by atoms with Gasteiger partial charge < -0.3 is 5.73 Å².